The van der Waals surface area contributed by atoms with E-state index in [1.807, 2.05) is 29.6 Å². The predicted molar refractivity (Wildman–Crippen MR) is 96.0 cm³/mol. The van der Waals surface area contributed by atoms with E-state index in [0.717, 1.165) is 11.1 Å². The number of nitrogens with one attached hydrogen (secondary N) is 1. The van der Waals surface area contributed by atoms with Crippen LogP contribution < -0.4 is 15.8 Å². The van der Waals surface area contributed by atoms with Gasteiger partial charge in [-0.15, -0.1) is 0 Å². The van der Waals surface area contributed by atoms with Crippen molar-refractivity contribution in [3.63, 3.8) is 0 Å². The first kappa shape index (κ1) is 19.9. The summed E-state index contributed by atoms with van der Waals surface area (Å²) in [5, 5.41) is 19.7. The van der Waals surface area contributed by atoms with E-state index in [4.69, 9.17) is 20.7 Å². The quantitative estimate of drug-likeness (QED) is 0.505. The standard InChI is InChI=1S/C19H20N2O6/c20-10-13-1-3-14(4-2-13)11-27-15-7-5-12(6-8-15)9-16(18(23)24)21-17(22)19(25)26/h1-8,16H,9-11,20H2,(H,21,22)(H,23,24)(H,25,26). The van der Waals surface area contributed by atoms with E-state index in [1.54, 1.807) is 24.3 Å². The van der Waals surface area contributed by atoms with Crippen LogP contribution in [0.2, 0.25) is 0 Å². The second kappa shape index (κ2) is 9.35. The number of carbonyl (C=O) groups is 3. The summed E-state index contributed by atoms with van der Waals surface area (Å²) in [4.78, 5) is 32.9. The number of carbonyl (C=O) groups excluding carboxylic acids is 1. The van der Waals surface area contributed by atoms with Gasteiger partial charge in [0.1, 0.15) is 18.4 Å². The lowest BCUT2D eigenvalue weighted by molar-refractivity contribution is -0.152. The predicted octanol–water partition coefficient (Wildman–Crippen LogP) is 0.921. The minimum absolute atomic E-state index is 0.0464. The van der Waals surface area contributed by atoms with Crippen molar-refractivity contribution in [2.24, 2.45) is 5.73 Å². The lowest BCUT2D eigenvalue weighted by Gasteiger charge is -2.13. The van der Waals surface area contributed by atoms with Crippen LogP contribution in [0.15, 0.2) is 48.5 Å². The van der Waals surface area contributed by atoms with Crippen molar-refractivity contribution in [3.05, 3.63) is 65.2 Å². The molecule has 0 heterocycles. The highest BCUT2D eigenvalue weighted by molar-refractivity contribution is 6.31. The Kier molecular flexibility index (Phi) is 6.90. The van der Waals surface area contributed by atoms with Gasteiger partial charge in [0, 0.05) is 13.0 Å². The zero-order chi connectivity index (χ0) is 19.8. The van der Waals surface area contributed by atoms with Crippen LogP contribution in [-0.4, -0.2) is 34.1 Å². The van der Waals surface area contributed by atoms with Crippen molar-refractivity contribution in [1.29, 1.82) is 0 Å². The molecule has 27 heavy (non-hydrogen) atoms. The Morgan fingerprint density at radius 1 is 0.926 bits per heavy atom. The molecule has 0 aliphatic heterocycles. The molecule has 0 aromatic heterocycles. The van der Waals surface area contributed by atoms with E-state index in [2.05, 4.69) is 0 Å². The van der Waals surface area contributed by atoms with Crippen LogP contribution in [0.1, 0.15) is 16.7 Å². The number of amides is 1. The van der Waals surface area contributed by atoms with Crippen molar-refractivity contribution in [1.82, 2.24) is 5.32 Å². The second-order valence-electron chi connectivity index (χ2n) is 5.83. The highest BCUT2D eigenvalue weighted by Gasteiger charge is 2.23. The average molecular weight is 372 g/mol. The summed E-state index contributed by atoms with van der Waals surface area (Å²) in [6.07, 6.45) is -0.0464. The number of ether oxygens (including phenoxy) is 1. The summed E-state index contributed by atoms with van der Waals surface area (Å²) in [6.45, 7) is 0.851. The molecule has 1 unspecified atom stereocenters. The first-order valence-electron chi connectivity index (χ1n) is 8.15. The number of hydrogen-bond acceptors (Lipinski definition) is 5. The van der Waals surface area contributed by atoms with Crippen LogP contribution in [0, 0.1) is 0 Å². The number of carboxylic acid groups (broad SMARTS) is 2. The molecular formula is C19H20N2O6. The molecule has 0 fully saturated rings. The van der Waals surface area contributed by atoms with Gasteiger partial charge < -0.3 is 26.0 Å². The molecule has 0 aliphatic rings. The fourth-order valence-electron chi connectivity index (χ4n) is 2.32. The van der Waals surface area contributed by atoms with Gasteiger partial charge in [0.05, 0.1) is 0 Å². The molecule has 5 N–H and O–H groups in total. The van der Waals surface area contributed by atoms with Crippen molar-refractivity contribution in [3.8, 4) is 5.75 Å². The van der Waals surface area contributed by atoms with E-state index < -0.39 is 23.9 Å². The third kappa shape index (κ3) is 6.12. The van der Waals surface area contributed by atoms with Crippen molar-refractivity contribution < 1.29 is 29.3 Å². The van der Waals surface area contributed by atoms with E-state index in [0.29, 0.717) is 24.5 Å². The fraction of sp³-hybridized carbons (Fsp3) is 0.211. The number of hydrogen-bond donors (Lipinski definition) is 4. The molecule has 8 nitrogen and oxygen atoms in total. The molecule has 0 aliphatic carbocycles. The van der Waals surface area contributed by atoms with Crippen LogP contribution in [-0.2, 0) is 34.0 Å². The smallest absolute Gasteiger partial charge is 0.394 e. The summed E-state index contributed by atoms with van der Waals surface area (Å²) in [7, 11) is 0. The molecule has 2 aromatic carbocycles. The molecule has 1 amide bonds. The molecule has 142 valence electrons. The van der Waals surface area contributed by atoms with Crippen LogP contribution in [0.3, 0.4) is 0 Å². The van der Waals surface area contributed by atoms with Gasteiger partial charge >= 0.3 is 17.8 Å². The van der Waals surface area contributed by atoms with Gasteiger partial charge in [0.25, 0.3) is 0 Å². The summed E-state index contributed by atoms with van der Waals surface area (Å²) in [5.41, 5.74) is 8.19. The van der Waals surface area contributed by atoms with Crippen LogP contribution in [0.25, 0.3) is 0 Å². The maximum atomic E-state index is 11.2. The molecule has 0 radical (unpaired) electrons. The molecule has 2 rings (SSSR count). The fourth-order valence-corrected chi connectivity index (χ4v) is 2.32. The molecular weight excluding hydrogens is 352 g/mol. The monoisotopic (exact) mass is 372 g/mol. The van der Waals surface area contributed by atoms with Crippen LogP contribution in [0.4, 0.5) is 0 Å². The third-order valence-electron chi connectivity index (χ3n) is 3.83. The normalized spacial score (nSPS) is 11.4. The number of aliphatic carboxylic acids is 2. The first-order chi connectivity index (χ1) is 12.9. The third-order valence-corrected chi connectivity index (χ3v) is 3.83. The topological polar surface area (TPSA) is 139 Å². The number of nitrogens with two attached hydrogens (primary N) is 1. The second-order valence-corrected chi connectivity index (χ2v) is 5.83. The van der Waals surface area contributed by atoms with Crippen molar-refractivity contribution >= 4 is 17.8 Å². The molecule has 1 atom stereocenters. The van der Waals surface area contributed by atoms with Crippen LogP contribution >= 0.6 is 0 Å². The Bertz CT molecular complexity index is 802. The maximum Gasteiger partial charge on any atom is 0.394 e. The van der Waals surface area contributed by atoms with E-state index in [-0.39, 0.29) is 6.42 Å². The summed E-state index contributed by atoms with van der Waals surface area (Å²) < 4.78 is 5.67. The molecule has 0 saturated heterocycles. The molecule has 0 bridgehead atoms. The Balaban J connectivity index is 1.93. The van der Waals surface area contributed by atoms with Gasteiger partial charge in [-0.25, -0.2) is 9.59 Å². The zero-order valence-corrected chi connectivity index (χ0v) is 14.4. The molecule has 0 spiro atoms. The summed E-state index contributed by atoms with van der Waals surface area (Å²) in [5.74, 6) is -3.80. The summed E-state index contributed by atoms with van der Waals surface area (Å²) in [6, 6.07) is 13.1. The lowest BCUT2D eigenvalue weighted by atomic mass is 10.1. The largest absolute Gasteiger partial charge is 0.489 e. The van der Waals surface area contributed by atoms with Gasteiger partial charge in [0.2, 0.25) is 0 Å². The van der Waals surface area contributed by atoms with E-state index in [9.17, 15) is 14.4 Å². The van der Waals surface area contributed by atoms with Crippen LogP contribution in [0.5, 0.6) is 5.75 Å². The van der Waals surface area contributed by atoms with Gasteiger partial charge in [-0.3, -0.25) is 4.79 Å². The van der Waals surface area contributed by atoms with E-state index >= 15 is 0 Å². The Morgan fingerprint density at radius 3 is 2.00 bits per heavy atom. The number of carboxylic acids is 2. The Morgan fingerprint density at radius 2 is 1.48 bits per heavy atom. The van der Waals surface area contributed by atoms with Gasteiger partial charge in [0.15, 0.2) is 0 Å². The number of rotatable bonds is 8. The Labute approximate surface area is 155 Å². The first-order valence-corrected chi connectivity index (χ1v) is 8.15. The highest BCUT2D eigenvalue weighted by atomic mass is 16.5. The Hall–Kier alpha value is -3.39. The van der Waals surface area contributed by atoms with Gasteiger partial charge in [-0.05, 0) is 28.8 Å². The molecule has 8 heteroatoms. The summed E-state index contributed by atoms with van der Waals surface area (Å²) >= 11 is 0. The van der Waals surface area contributed by atoms with E-state index in [1.165, 1.54) is 0 Å². The van der Waals surface area contributed by atoms with Gasteiger partial charge in [-0.2, -0.15) is 0 Å². The molecule has 0 saturated carbocycles. The average Bonchev–Trinajstić information content (AvgIpc) is 2.67. The zero-order valence-electron chi connectivity index (χ0n) is 14.4. The number of benzene rings is 2. The highest BCUT2D eigenvalue weighted by Crippen LogP contribution is 2.16. The lowest BCUT2D eigenvalue weighted by Crippen LogP contribution is -2.45. The maximum absolute atomic E-state index is 11.2. The minimum atomic E-state index is -1.73. The minimum Gasteiger partial charge on any atom is -0.489 e. The van der Waals surface area contributed by atoms with Crippen molar-refractivity contribution in [2.45, 2.75) is 25.6 Å². The SMILES string of the molecule is NCc1ccc(COc2ccc(CC(NC(=O)C(=O)O)C(=O)O)cc2)cc1. The van der Waals surface area contributed by atoms with Gasteiger partial charge in [-0.1, -0.05) is 36.4 Å². The van der Waals surface area contributed by atoms with Crippen molar-refractivity contribution in [2.75, 3.05) is 0 Å². The molecule has 2 aromatic rings.